The Bertz CT molecular complexity index is 656. The highest BCUT2D eigenvalue weighted by atomic mass is 19.1. The standard InChI is InChI=1S/C15H13F2NO2/c1-9-12(16)3-2-4-14(9)18-8-10-5-6-11(15(19)20)13(17)7-10/h2-7,18H,8H2,1H3,(H,19,20). The number of hydrogen-bond donors (Lipinski definition) is 2. The molecule has 0 aliphatic rings. The first-order chi connectivity index (χ1) is 9.49. The Labute approximate surface area is 114 Å². The summed E-state index contributed by atoms with van der Waals surface area (Å²) in [5, 5.41) is 11.7. The van der Waals surface area contributed by atoms with Gasteiger partial charge in [0.1, 0.15) is 11.6 Å². The van der Waals surface area contributed by atoms with Crippen LogP contribution in [0.4, 0.5) is 14.5 Å². The minimum Gasteiger partial charge on any atom is -0.478 e. The van der Waals surface area contributed by atoms with Crippen LogP contribution in [0.25, 0.3) is 0 Å². The quantitative estimate of drug-likeness (QED) is 0.898. The normalized spacial score (nSPS) is 10.3. The smallest absolute Gasteiger partial charge is 0.338 e. The number of nitrogens with one attached hydrogen (secondary N) is 1. The number of halogens is 2. The Morgan fingerprint density at radius 2 is 1.95 bits per heavy atom. The summed E-state index contributed by atoms with van der Waals surface area (Å²) in [4.78, 5) is 10.7. The molecule has 0 saturated carbocycles. The molecule has 2 rings (SSSR count). The molecule has 0 unspecified atom stereocenters. The van der Waals surface area contributed by atoms with Crippen molar-refractivity contribution in [2.75, 3.05) is 5.32 Å². The molecule has 0 radical (unpaired) electrons. The number of rotatable bonds is 4. The number of benzene rings is 2. The van der Waals surface area contributed by atoms with Crippen LogP contribution in [0.5, 0.6) is 0 Å². The van der Waals surface area contributed by atoms with Crippen LogP contribution in [0.1, 0.15) is 21.5 Å². The maximum absolute atomic E-state index is 13.5. The van der Waals surface area contributed by atoms with E-state index in [0.29, 0.717) is 16.8 Å². The van der Waals surface area contributed by atoms with Crippen LogP contribution in [-0.2, 0) is 6.54 Å². The number of aromatic carboxylic acids is 1. The largest absolute Gasteiger partial charge is 0.478 e. The van der Waals surface area contributed by atoms with E-state index in [2.05, 4.69) is 5.32 Å². The van der Waals surface area contributed by atoms with Gasteiger partial charge in [0.05, 0.1) is 5.56 Å². The van der Waals surface area contributed by atoms with Gasteiger partial charge in [0.25, 0.3) is 0 Å². The molecule has 0 saturated heterocycles. The highest BCUT2D eigenvalue weighted by Gasteiger charge is 2.10. The molecule has 0 aliphatic carbocycles. The van der Waals surface area contributed by atoms with E-state index >= 15 is 0 Å². The monoisotopic (exact) mass is 277 g/mol. The van der Waals surface area contributed by atoms with Crippen molar-refractivity contribution in [3.05, 3.63) is 64.7 Å². The van der Waals surface area contributed by atoms with Gasteiger partial charge in [-0.25, -0.2) is 13.6 Å². The van der Waals surface area contributed by atoms with Crippen LogP contribution >= 0.6 is 0 Å². The number of anilines is 1. The van der Waals surface area contributed by atoms with E-state index in [1.54, 1.807) is 19.1 Å². The first kappa shape index (κ1) is 14.0. The highest BCUT2D eigenvalue weighted by molar-refractivity contribution is 5.87. The van der Waals surface area contributed by atoms with Gasteiger partial charge in [0.15, 0.2) is 0 Å². The summed E-state index contributed by atoms with van der Waals surface area (Å²) in [7, 11) is 0. The third-order valence-corrected chi connectivity index (χ3v) is 3.01. The number of hydrogen-bond acceptors (Lipinski definition) is 2. The molecule has 0 heterocycles. The molecular weight excluding hydrogens is 264 g/mol. The van der Waals surface area contributed by atoms with Crippen molar-refractivity contribution in [1.29, 1.82) is 0 Å². The minimum absolute atomic E-state index is 0.279. The van der Waals surface area contributed by atoms with Crippen molar-refractivity contribution in [3.63, 3.8) is 0 Å². The van der Waals surface area contributed by atoms with Crippen LogP contribution < -0.4 is 5.32 Å². The number of carboxylic acid groups (broad SMARTS) is 1. The van der Waals surface area contributed by atoms with Crippen molar-refractivity contribution in [3.8, 4) is 0 Å². The van der Waals surface area contributed by atoms with Gasteiger partial charge in [-0.3, -0.25) is 0 Å². The Balaban J connectivity index is 2.13. The molecule has 0 bridgehead atoms. The van der Waals surface area contributed by atoms with Crippen molar-refractivity contribution < 1.29 is 18.7 Å². The van der Waals surface area contributed by atoms with E-state index in [-0.39, 0.29) is 17.9 Å². The van der Waals surface area contributed by atoms with Gasteiger partial charge in [-0.2, -0.15) is 0 Å². The molecule has 104 valence electrons. The molecule has 2 N–H and O–H groups in total. The molecule has 3 nitrogen and oxygen atoms in total. The molecule has 0 aromatic heterocycles. The summed E-state index contributed by atoms with van der Waals surface area (Å²) in [5.74, 6) is -2.40. The molecule has 0 atom stereocenters. The molecule has 2 aromatic rings. The Hall–Kier alpha value is -2.43. The summed E-state index contributed by atoms with van der Waals surface area (Å²) in [5.41, 5.74) is 1.31. The van der Waals surface area contributed by atoms with Crippen LogP contribution in [0, 0.1) is 18.6 Å². The van der Waals surface area contributed by atoms with Gasteiger partial charge in [-0.15, -0.1) is 0 Å². The number of carboxylic acids is 1. The third-order valence-electron chi connectivity index (χ3n) is 3.01. The van der Waals surface area contributed by atoms with Crippen molar-refractivity contribution in [1.82, 2.24) is 0 Å². The zero-order chi connectivity index (χ0) is 14.7. The van der Waals surface area contributed by atoms with Crippen LogP contribution in [0.2, 0.25) is 0 Å². The van der Waals surface area contributed by atoms with E-state index < -0.39 is 11.8 Å². The third kappa shape index (κ3) is 2.93. The van der Waals surface area contributed by atoms with Crippen LogP contribution in [-0.4, -0.2) is 11.1 Å². The molecule has 2 aromatic carbocycles. The van der Waals surface area contributed by atoms with E-state index in [1.165, 1.54) is 18.2 Å². The van der Waals surface area contributed by atoms with E-state index in [9.17, 15) is 13.6 Å². The van der Waals surface area contributed by atoms with Crippen molar-refractivity contribution in [2.45, 2.75) is 13.5 Å². The van der Waals surface area contributed by atoms with Gasteiger partial charge in [-0.05, 0) is 36.8 Å². The minimum atomic E-state index is -1.30. The summed E-state index contributed by atoms with van der Waals surface area (Å²) >= 11 is 0. The Morgan fingerprint density at radius 3 is 2.60 bits per heavy atom. The lowest BCUT2D eigenvalue weighted by atomic mass is 10.1. The Morgan fingerprint density at radius 1 is 1.20 bits per heavy atom. The molecular formula is C15H13F2NO2. The molecule has 0 fully saturated rings. The summed E-state index contributed by atoms with van der Waals surface area (Å²) in [6, 6.07) is 8.56. The fourth-order valence-electron chi connectivity index (χ4n) is 1.84. The van der Waals surface area contributed by atoms with E-state index in [0.717, 1.165) is 6.07 Å². The van der Waals surface area contributed by atoms with Gasteiger partial charge < -0.3 is 10.4 Å². The lowest BCUT2D eigenvalue weighted by molar-refractivity contribution is 0.0692. The second kappa shape index (κ2) is 5.69. The van der Waals surface area contributed by atoms with Crippen LogP contribution in [0.3, 0.4) is 0 Å². The van der Waals surface area contributed by atoms with Crippen molar-refractivity contribution in [2.24, 2.45) is 0 Å². The number of carbonyl (C=O) groups is 1. The van der Waals surface area contributed by atoms with Crippen molar-refractivity contribution >= 4 is 11.7 Å². The molecule has 0 aliphatic heterocycles. The second-order valence-electron chi connectivity index (χ2n) is 4.39. The average molecular weight is 277 g/mol. The fourth-order valence-corrected chi connectivity index (χ4v) is 1.84. The van der Waals surface area contributed by atoms with Crippen LogP contribution in [0.15, 0.2) is 36.4 Å². The highest BCUT2D eigenvalue weighted by Crippen LogP contribution is 2.19. The summed E-state index contributed by atoms with van der Waals surface area (Å²) in [6.07, 6.45) is 0. The predicted octanol–water partition coefficient (Wildman–Crippen LogP) is 3.58. The summed E-state index contributed by atoms with van der Waals surface area (Å²) in [6.45, 7) is 1.92. The topological polar surface area (TPSA) is 49.3 Å². The predicted molar refractivity (Wildman–Crippen MR) is 71.8 cm³/mol. The fraction of sp³-hybridized carbons (Fsp3) is 0.133. The zero-order valence-corrected chi connectivity index (χ0v) is 10.8. The lowest BCUT2D eigenvalue weighted by Crippen LogP contribution is -2.05. The first-order valence-electron chi connectivity index (χ1n) is 5.99. The summed E-state index contributed by atoms with van der Waals surface area (Å²) < 4.78 is 26.8. The molecule has 0 amide bonds. The second-order valence-corrected chi connectivity index (χ2v) is 4.39. The van der Waals surface area contributed by atoms with Gasteiger partial charge in [-0.1, -0.05) is 12.1 Å². The van der Waals surface area contributed by atoms with E-state index in [4.69, 9.17) is 5.11 Å². The zero-order valence-electron chi connectivity index (χ0n) is 10.8. The van der Waals surface area contributed by atoms with E-state index in [1.807, 2.05) is 0 Å². The SMILES string of the molecule is Cc1c(F)cccc1NCc1ccc(C(=O)O)c(F)c1. The molecule has 20 heavy (non-hydrogen) atoms. The van der Waals surface area contributed by atoms with Gasteiger partial charge in [0.2, 0.25) is 0 Å². The van der Waals surface area contributed by atoms with Gasteiger partial charge >= 0.3 is 5.97 Å². The Kier molecular flexibility index (Phi) is 3.98. The maximum Gasteiger partial charge on any atom is 0.338 e. The lowest BCUT2D eigenvalue weighted by Gasteiger charge is -2.10. The molecule has 0 spiro atoms. The van der Waals surface area contributed by atoms with Gasteiger partial charge in [0, 0.05) is 17.8 Å². The average Bonchev–Trinajstić information content (AvgIpc) is 2.40. The maximum atomic E-state index is 13.5. The first-order valence-corrected chi connectivity index (χ1v) is 5.99. The molecule has 5 heteroatoms.